The Bertz CT molecular complexity index is 614. The van der Waals surface area contributed by atoms with Crippen molar-refractivity contribution >= 4 is 33.3 Å². The molecular weight excluding hydrogens is 310 g/mol. The van der Waals surface area contributed by atoms with E-state index in [1.165, 1.54) is 6.07 Å². The Kier molecular flexibility index (Phi) is 3.28. The predicted octanol–water partition coefficient (Wildman–Crippen LogP) is 2.28. The number of rotatable bonds is 2. The van der Waals surface area contributed by atoms with Gasteiger partial charge in [-0.3, -0.25) is 9.89 Å². The van der Waals surface area contributed by atoms with Crippen molar-refractivity contribution in [3.63, 3.8) is 0 Å². The first-order chi connectivity index (χ1) is 8.47. The minimum Gasteiger partial charge on any atom is -0.382 e. The van der Waals surface area contributed by atoms with E-state index in [0.717, 1.165) is 12.1 Å². The molecule has 4 N–H and O–H groups in total. The van der Waals surface area contributed by atoms with Crippen molar-refractivity contribution in [2.24, 2.45) is 0 Å². The summed E-state index contributed by atoms with van der Waals surface area (Å²) in [6.07, 6.45) is 0. The van der Waals surface area contributed by atoms with Gasteiger partial charge in [0, 0.05) is 12.1 Å². The Morgan fingerprint density at radius 1 is 1.33 bits per heavy atom. The van der Waals surface area contributed by atoms with E-state index in [2.05, 4.69) is 31.4 Å². The van der Waals surface area contributed by atoms with Gasteiger partial charge in [-0.25, -0.2) is 8.78 Å². The van der Waals surface area contributed by atoms with Crippen LogP contribution in [0.4, 0.5) is 20.3 Å². The molecule has 1 aromatic carbocycles. The second kappa shape index (κ2) is 4.73. The highest BCUT2D eigenvalue weighted by Gasteiger charge is 2.14. The molecule has 0 aliphatic carbocycles. The van der Waals surface area contributed by atoms with Crippen LogP contribution in [-0.4, -0.2) is 16.1 Å². The zero-order valence-electron chi connectivity index (χ0n) is 8.80. The molecule has 5 nitrogen and oxygen atoms in total. The van der Waals surface area contributed by atoms with E-state index in [4.69, 9.17) is 5.73 Å². The number of anilines is 2. The number of carbonyl (C=O) groups excluding carboxylic acids is 1. The Hall–Kier alpha value is -1.96. The number of hydrogen-bond acceptors (Lipinski definition) is 3. The number of nitrogens with zero attached hydrogens (tertiary/aromatic N) is 1. The number of nitrogens with two attached hydrogens (primary N) is 1. The van der Waals surface area contributed by atoms with E-state index < -0.39 is 17.5 Å². The van der Waals surface area contributed by atoms with Crippen LogP contribution in [0, 0.1) is 11.6 Å². The molecule has 1 amide bonds. The van der Waals surface area contributed by atoms with Crippen LogP contribution in [0.2, 0.25) is 0 Å². The summed E-state index contributed by atoms with van der Waals surface area (Å²) < 4.78 is 26.6. The molecule has 0 saturated carbocycles. The van der Waals surface area contributed by atoms with Crippen LogP contribution in [-0.2, 0) is 0 Å². The Balaban J connectivity index is 2.24. The van der Waals surface area contributed by atoms with E-state index in [-0.39, 0.29) is 21.7 Å². The maximum absolute atomic E-state index is 13.4. The van der Waals surface area contributed by atoms with Crippen molar-refractivity contribution in [1.29, 1.82) is 0 Å². The fraction of sp³-hybridized carbons (Fsp3) is 0. The largest absolute Gasteiger partial charge is 0.382 e. The van der Waals surface area contributed by atoms with Crippen molar-refractivity contribution in [3.8, 4) is 0 Å². The van der Waals surface area contributed by atoms with Crippen molar-refractivity contribution in [1.82, 2.24) is 10.2 Å². The summed E-state index contributed by atoms with van der Waals surface area (Å²) in [6, 6.07) is 3.08. The molecule has 1 aromatic heterocycles. The molecule has 0 aliphatic heterocycles. The molecule has 0 unspecified atom stereocenters. The van der Waals surface area contributed by atoms with Gasteiger partial charge in [-0.2, -0.15) is 5.10 Å². The molecule has 1 heterocycles. The van der Waals surface area contributed by atoms with Crippen molar-refractivity contribution in [2.45, 2.75) is 0 Å². The van der Waals surface area contributed by atoms with Crippen LogP contribution in [0.15, 0.2) is 22.7 Å². The lowest BCUT2D eigenvalue weighted by atomic mass is 10.3. The average Bonchev–Trinajstić information content (AvgIpc) is 2.73. The summed E-state index contributed by atoms with van der Waals surface area (Å²) in [4.78, 5) is 11.6. The normalized spacial score (nSPS) is 10.4. The van der Waals surface area contributed by atoms with Gasteiger partial charge in [0.15, 0.2) is 0 Å². The highest BCUT2D eigenvalue weighted by Crippen LogP contribution is 2.23. The zero-order valence-corrected chi connectivity index (χ0v) is 10.4. The minimum absolute atomic E-state index is 0.0243. The molecule has 2 rings (SSSR count). The van der Waals surface area contributed by atoms with Crippen LogP contribution in [0.5, 0.6) is 0 Å². The van der Waals surface area contributed by atoms with Crippen LogP contribution in [0.1, 0.15) is 10.5 Å². The Morgan fingerprint density at radius 3 is 2.67 bits per heavy atom. The zero-order chi connectivity index (χ0) is 13.3. The number of hydrogen-bond donors (Lipinski definition) is 3. The first-order valence-electron chi connectivity index (χ1n) is 4.74. The molecule has 0 saturated heterocycles. The number of aromatic amines is 1. The van der Waals surface area contributed by atoms with Gasteiger partial charge in [0.05, 0.1) is 10.2 Å². The van der Waals surface area contributed by atoms with Gasteiger partial charge >= 0.3 is 0 Å². The number of halogens is 3. The molecule has 0 aliphatic rings. The van der Waals surface area contributed by atoms with Crippen LogP contribution >= 0.6 is 15.9 Å². The van der Waals surface area contributed by atoms with E-state index >= 15 is 0 Å². The first-order valence-corrected chi connectivity index (χ1v) is 5.53. The van der Waals surface area contributed by atoms with Crippen molar-refractivity contribution < 1.29 is 13.6 Å². The maximum atomic E-state index is 13.4. The summed E-state index contributed by atoms with van der Waals surface area (Å²) in [5.41, 5.74) is 5.10. The molecule has 0 bridgehead atoms. The fourth-order valence-electron chi connectivity index (χ4n) is 1.26. The lowest BCUT2D eigenvalue weighted by Gasteiger charge is -2.06. The second-order valence-electron chi connectivity index (χ2n) is 3.41. The monoisotopic (exact) mass is 316 g/mol. The summed E-state index contributed by atoms with van der Waals surface area (Å²) in [5, 5.41) is 8.11. The quantitative estimate of drug-likeness (QED) is 0.743. The fourth-order valence-corrected chi connectivity index (χ4v) is 1.58. The summed E-state index contributed by atoms with van der Waals surface area (Å²) in [5.74, 6) is -1.98. The molecule has 0 radical (unpaired) electrons. The smallest absolute Gasteiger partial charge is 0.273 e. The molecular formula is C10H7BrF2N4O. The van der Waals surface area contributed by atoms with E-state index in [9.17, 15) is 13.6 Å². The highest BCUT2D eigenvalue weighted by atomic mass is 79.9. The third-order valence-electron chi connectivity index (χ3n) is 2.10. The summed E-state index contributed by atoms with van der Waals surface area (Å²) in [7, 11) is 0. The highest BCUT2D eigenvalue weighted by molar-refractivity contribution is 9.10. The van der Waals surface area contributed by atoms with E-state index in [1.54, 1.807) is 0 Å². The Morgan fingerprint density at radius 2 is 2.06 bits per heavy atom. The van der Waals surface area contributed by atoms with Gasteiger partial charge < -0.3 is 11.1 Å². The van der Waals surface area contributed by atoms with Gasteiger partial charge in [0.25, 0.3) is 5.91 Å². The van der Waals surface area contributed by atoms with Gasteiger partial charge in [-0.1, -0.05) is 0 Å². The number of amides is 1. The number of benzene rings is 1. The SMILES string of the molecule is Nc1cc(C(=O)Nc2cc(F)c(Br)cc2F)[nH]n1. The number of nitrogen functional groups attached to an aromatic ring is 1. The van der Waals surface area contributed by atoms with Crippen LogP contribution < -0.4 is 11.1 Å². The van der Waals surface area contributed by atoms with Gasteiger partial charge in [-0.05, 0) is 22.0 Å². The number of H-pyrrole nitrogens is 1. The third kappa shape index (κ3) is 2.48. The maximum Gasteiger partial charge on any atom is 0.273 e. The van der Waals surface area contributed by atoms with Crippen LogP contribution in [0.3, 0.4) is 0 Å². The van der Waals surface area contributed by atoms with Crippen LogP contribution in [0.25, 0.3) is 0 Å². The molecule has 18 heavy (non-hydrogen) atoms. The van der Waals surface area contributed by atoms with E-state index in [1.807, 2.05) is 0 Å². The summed E-state index contributed by atoms with van der Waals surface area (Å²) >= 11 is 2.83. The molecule has 8 heteroatoms. The molecule has 94 valence electrons. The van der Waals surface area contributed by atoms with E-state index in [0.29, 0.717) is 0 Å². The lowest BCUT2D eigenvalue weighted by molar-refractivity contribution is 0.102. The number of carbonyl (C=O) groups is 1. The second-order valence-corrected chi connectivity index (χ2v) is 4.26. The molecule has 0 atom stereocenters. The predicted molar refractivity (Wildman–Crippen MR) is 65.0 cm³/mol. The standard InChI is InChI=1S/C10H7BrF2N4O/c11-4-1-6(13)7(2-5(4)12)15-10(18)8-3-9(14)17-16-8/h1-3H,(H,15,18)(H3,14,16,17). The average molecular weight is 317 g/mol. The Labute approximate surface area is 109 Å². The van der Waals surface area contributed by atoms with Gasteiger partial charge in [0.2, 0.25) is 0 Å². The van der Waals surface area contributed by atoms with Gasteiger partial charge in [0.1, 0.15) is 23.1 Å². The minimum atomic E-state index is -0.760. The number of aromatic nitrogens is 2. The molecule has 0 fully saturated rings. The molecule has 0 spiro atoms. The molecule has 2 aromatic rings. The lowest BCUT2D eigenvalue weighted by Crippen LogP contribution is -2.13. The number of nitrogens with one attached hydrogen (secondary N) is 2. The summed E-state index contributed by atoms with van der Waals surface area (Å²) in [6.45, 7) is 0. The van der Waals surface area contributed by atoms with Crippen molar-refractivity contribution in [3.05, 3.63) is 40.0 Å². The topological polar surface area (TPSA) is 83.8 Å². The third-order valence-corrected chi connectivity index (χ3v) is 2.71. The van der Waals surface area contributed by atoms with Gasteiger partial charge in [-0.15, -0.1) is 0 Å². The first kappa shape index (κ1) is 12.5. The van der Waals surface area contributed by atoms with Crippen molar-refractivity contribution in [2.75, 3.05) is 11.1 Å².